The molecule has 2 aromatic rings. The first-order chi connectivity index (χ1) is 12.8. The molecule has 138 valence electrons. The van der Waals surface area contributed by atoms with E-state index in [0.29, 0.717) is 6.54 Å². The fraction of sp³-hybridized carbons (Fsp3) is 0.526. The van der Waals surface area contributed by atoms with E-state index in [1.807, 2.05) is 29.3 Å². The number of rotatable bonds is 4. The molecule has 0 atom stereocenters. The minimum Gasteiger partial charge on any atom is -0.334 e. The predicted octanol–water partition coefficient (Wildman–Crippen LogP) is 2.04. The number of hydrogen-bond donors (Lipinski definition) is 1. The predicted molar refractivity (Wildman–Crippen MR) is 99.0 cm³/mol. The van der Waals surface area contributed by atoms with Gasteiger partial charge in [0, 0.05) is 57.4 Å². The van der Waals surface area contributed by atoms with Crippen LogP contribution < -0.4 is 5.32 Å². The molecular formula is C19H26N6O. The molecule has 7 heteroatoms. The van der Waals surface area contributed by atoms with Crippen molar-refractivity contribution in [3.8, 4) is 5.82 Å². The molecule has 1 aliphatic carbocycles. The Bertz CT molecular complexity index is 717. The summed E-state index contributed by atoms with van der Waals surface area (Å²) in [6, 6.07) is 6.50. The van der Waals surface area contributed by atoms with Crippen LogP contribution in [0.25, 0.3) is 5.82 Å². The Balaban J connectivity index is 1.27. The largest absolute Gasteiger partial charge is 0.334 e. The minimum atomic E-state index is 0.0218. The van der Waals surface area contributed by atoms with Gasteiger partial charge in [-0.1, -0.05) is 12.8 Å². The highest BCUT2D eigenvalue weighted by Crippen LogP contribution is 2.24. The SMILES string of the molecule is O=C(NCc1ccnc(-n2cccn2)c1)N1CCN(C2CCCC2)CC1. The second-order valence-corrected chi connectivity index (χ2v) is 7.09. The van der Waals surface area contributed by atoms with Gasteiger partial charge >= 0.3 is 6.03 Å². The third-order valence-electron chi connectivity index (χ3n) is 5.44. The molecule has 0 spiro atoms. The lowest BCUT2D eigenvalue weighted by Gasteiger charge is -2.38. The molecule has 0 radical (unpaired) electrons. The molecular weight excluding hydrogens is 328 g/mol. The fourth-order valence-electron chi connectivity index (χ4n) is 3.95. The van der Waals surface area contributed by atoms with E-state index in [1.165, 1.54) is 25.7 Å². The van der Waals surface area contributed by atoms with Crippen LogP contribution in [0.15, 0.2) is 36.8 Å². The maximum atomic E-state index is 12.5. The first-order valence-electron chi connectivity index (χ1n) is 9.51. The zero-order valence-corrected chi connectivity index (χ0v) is 15.0. The number of amides is 2. The maximum Gasteiger partial charge on any atom is 0.317 e. The molecule has 2 amide bonds. The molecule has 3 heterocycles. The van der Waals surface area contributed by atoms with Crippen molar-refractivity contribution >= 4 is 6.03 Å². The Morgan fingerprint density at radius 3 is 2.69 bits per heavy atom. The summed E-state index contributed by atoms with van der Waals surface area (Å²) >= 11 is 0. The smallest absolute Gasteiger partial charge is 0.317 e. The van der Waals surface area contributed by atoms with E-state index in [0.717, 1.165) is 43.6 Å². The van der Waals surface area contributed by atoms with Crippen LogP contribution in [0.4, 0.5) is 4.79 Å². The maximum absolute atomic E-state index is 12.5. The van der Waals surface area contributed by atoms with Crippen LogP contribution in [-0.2, 0) is 6.54 Å². The van der Waals surface area contributed by atoms with Crippen LogP contribution in [0.5, 0.6) is 0 Å². The van der Waals surface area contributed by atoms with Gasteiger partial charge in [-0.25, -0.2) is 14.5 Å². The summed E-state index contributed by atoms with van der Waals surface area (Å²) < 4.78 is 1.72. The topological polar surface area (TPSA) is 66.3 Å². The number of hydrogen-bond acceptors (Lipinski definition) is 4. The van der Waals surface area contributed by atoms with E-state index in [4.69, 9.17) is 0 Å². The number of aromatic nitrogens is 3. The average Bonchev–Trinajstić information content (AvgIpc) is 3.40. The lowest BCUT2D eigenvalue weighted by molar-refractivity contribution is 0.109. The second kappa shape index (κ2) is 7.86. The molecule has 1 saturated heterocycles. The first-order valence-corrected chi connectivity index (χ1v) is 9.51. The van der Waals surface area contributed by atoms with Crippen molar-refractivity contribution in [2.24, 2.45) is 0 Å². The van der Waals surface area contributed by atoms with Crippen molar-refractivity contribution in [1.29, 1.82) is 0 Å². The molecule has 1 saturated carbocycles. The van der Waals surface area contributed by atoms with Crippen LogP contribution >= 0.6 is 0 Å². The molecule has 0 aromatic carbocycles. The summed E-state index contributed by atoms with van der Waals surface area (Å²) in [4.78, 5) is 21.3. The number of carbonyl (C=O) groups is 1. The summed E-state index contributed by atoms with van der Waals surface area (Å²) in [5.74, 6) is 0.756. The second-order valence-electron chi connectivity index (χ2n) is 7.09. The number of pyridine rings is 1. The standard InChI is InChI=1S/C19H26N6O/c26-19(24-12-10-23(11-13-24)17-4-1-2-5-17)21-15-16-6-8-20-18(14-16)25-9-3-7-22-25/h3,6-9,14,17H,1-2,4-5,10-13,15H2,(H,21,26). The molecule has 1 aliphatic heterocycles. The molecule has 0 unspecified atom stereocenters. The lowest BCUT2D eigenvalue weighted by Crippen LogP contribution is -2.53. The van der Waals surface area contributed by atoms with Crippen LogP contribution in [0.3, 0.4) is 0 Å². The number of nitrogens with one attached hydrogen (secondary N) is 1. The number of nitrogens with zero attached hydrogens (tertiary/aromatic N) is 5. The Morgan fingerprint density at radius 1 is 1.15 bits per heavy atom. The van der Waals surface area contributed by atoms with Crippen LogP contribution in [0.2, 0.25) is 0 Å². The monoisotopic (exact) mass is 354 g/mol. The quantitative estimate of drug-likeness (QED) is 0.912. The highest BCUT2D eigenvalue weighted by molar-refractivity contribution is 5.74. The van der Waals surface area contributed by atoms with Crippen LogP contribution in [0.1, 0.15) is 31.2 Å². The van der Waals surface area contributed by atoms with Crippen molar-refractivity contribution in [3.05, 3.63) is 42.4 Å². The van der Waals surface area contributed by atoms with Crippen molar-refractivity contribution in [2.45, 2.75) is 38.3 Å². The highest BCUT2D eigenvalue weighted by Gasteiger charge is 2.27. The Morgan fingerprint density at radius 2 is 1.96 bits per heavy atom. The van der Waals surface area contributed by atoms with Gasteiger partial charge in [0.05, 0.1) is 0 Å². The molecule has 1 N–H and O–H groups in total. The zero-order valence-electron chi connectivity index (χ0n) is 15.0. The van der Waals surface area contributed by atoms with E-state index in [-0.39, 0.29) is 6.03 Å². The van der Waals surface area contributed by atoms with Gasteiger partial charge in [0.2, 0.25) is 0 Å². The van der Waals surface area contributed by atoms with Crippen LogP contribution in [-0.4, -0.2) is 62.8 Å². The van der Waals surface area contributed by atoms with Gasteiger partial charge in [0.25, 0.3) is 0 Å². The van der Waals surface area contributed by atoms with Crippen molar-refractivity contribution in [1.82, 2.24) is 29.9 Å². The number of urea groups is 1. The van der Waals surface area contributed by atoms with E-state index >= 15 is 0 Å². The summed E-state index contributed by atoms with van der Waals surface area (Å²) in [6.07, 6.45) is 10.7. The molecule has 0 bridgehead atoms. The van der Waals surface area contributed by atoms with E-state index in [1.54, 1.807) is 17.1 Å². The van der Waals surface area contributed by atoms with E-state index in [9.17, 15) is 4.79 Å². The molecule has 7 nitrogen and oxygen atoms in total. The molecule has 26 heavy (non-hydrogen) atoms. The molecule has 4 rings (SSSR count). The third kappa shape index (κ3) is 3.88. The van der Waals surface area contributed by atoms with E-state index < -0.39 is 0 Å². The Labute approximate surface area is 154 Å². The number of carbonyl (C=O) groups excluding carboxylic acids is 1. The number of piperazine rings is 1. The van der Waals surface area contributed by atoms with E-state index in [2.05, 4.69) is 20.3 Å². The van der Waals surface area contributed by atoms with Crippen molar-refractivity contribution in [3.63, 3.8) is 0 Å². The summed E-state index contributed by atoms with van der Waals surface area (Å²) in [5.41, 5.74) is 1.02. The lowest BCUT2D eigenvalue weighted by atomic mass is 10.2. The minimum absolute atomic E-state index is 0.0218. The summed E-state index contributed by atoms with van der Waals surface area (Å²) in [5, 5.41) is 7.23. The van der Waals surface area contributed by atoms with Gasteiger partial charge < -0.3 is 10.2 Å². The van der Waals surface area contributed by atoms with Gasteiger partial charge in [-0.15, -0.1) is 0 Å². The van der Waals surface area contributed by atoms with Gasteiger partial charge in [0.1, 0.15) is 0 Å². The Kier molecular flexibility index (Phi) is 5.15. The van der Waals surface area contributed by atoms with Crippen LogP contribution in [0, 0.1) is 0 Å². The zero-order chi connectivity index (χ0) is 17.8. The van der Waals surface area contributed by atoms with Gasteiger partial charge in [-0.05, 0) is 36.6 Å². The van der Waals surface area contributed by atoms with Crippen molar-refractivity contribution < 1.29 is 4.79 Å². The average molecular weight is 354 g/mol. The summed E-state index contributed by atoms with van der Waals surface area (Å²) in [6.45, 7) is 4.13. The highest BCUT2D eigenvalue weighted by atomic mass is 16.2. The normalized spacial score (nSPS) is 19.0. The molecule has 2 aliphatic rings. The molecule has 2 aromatic heterocycles. The van der Waals surface area contributed by atoms with Gasteiger partial charge in [-0.2, -0.15) is 5.10 Å². The van der Waals surface area contributed by atoms with Gasteiger partial charge in [-0.3, -0.25) is 4.90 Å². The summed E-state index contributed by atoms with van der Waals surface area (Å²) in [7, 11) is 0. The fourth-order valence-corrected chi connectivity index (χ4v) is 3.95. The van der Waals surface area contributed by atoms with Gasteiger partial charge in [0.15, 0.2) is 5.82 Å². The third-order valence-corrected chi connectivity index (χ3v) is 5.44. The molecule has 2 fully saturated rings. The first kappa shape index (κ1) is 17.0. The Hall–Kier alpha value is -2.41. The van der Waals surface area contributed by atoms with Crippen molar-refractivity contribution in [2.75, 3.05) is 26.2 Å².